The fraction of sp³-hybridized carbons (Fsp3) is 0.625. The predicted molar refractivity (Wildman–Crippen MR) is 142 cm³/mol. The maximum Gasteiger partial charge on any atom is 0.407 e. The monoisotopic (exact) mass is 586 g/mol. The number of hydrogen-bond acceptors (Lipinski definition) is 11. The lowest BCUT2D eigenvalue weighted by atomic mass is 9.84. The van der Waals surface area contributed by atoms with E-state index < -0.39 is 66.9 Å². The normalized spacial score (nSPS) is 28.4. The Morgan fingerprint density at radius 2 is 1.48 bits per heavy atom. The molecule has 8 atom stereocenters. The Morgan fingerprint density at radius 1 is 0.881 bits per heavy atom. The van der Waals surface area contributed by atoms with Crippen LogP contribution in [0.25, 0.3) is 31.3 Å². The topological polar surface area (TPSA) is 256 Å². The SMILES string of the molecule is CC(=O)O[C@@H]1[C@@H](OC(C)=O)[C@H](N=[N+]=[N-])C[C@H](N=[N+]=[N-])[C@H]1O[C@H]1O[C@H](CNC(=O)OCc2ccccc2)CC[C@@H]1N=[N+]=[N-]. The van der Waals surface area contributed by atoms with E-state index in [9.17, 15) is 19.9 Å². The second kappa shape index (κ2) is 15.9. The number of esters is 2. The lowest BCUT2D eigenvalue weighted by Crippen LogP contribution is -2.60. The maximum atomic E-state index is 12.2. The smallest absolute Gasteiger partial charge is 0.407 e. The first-order valence-corrected chi connectivity index (χ1v) is 13.0. The van der Waals surface area contributed by atoms with Crippen molar-refractivity contribution in [1.29, 1.82) is 0 Å². The molecule has 2 aliphatic rings. The molecule has 0 bridgehead atoms. The summed E-state index contributed by atoms with van der Waals surface area (Å²) in [5, 5.41) is 13.7. The number of nitrogens with zero attached hydrogens (tertiary/aromatic N) is 9. The Hall–Kier alpha value is -4.72. The van der Waals surface area contributed by atoms with E-state index in [0.717, 1.165) is 19.4 Å². The summed E-state index contributed by atoms with van der Waals surface area (Å²) >= 11 is 0. The molecule has 18 nitrogen and oxygen atoms in total. The fourth-order valence-electron chi connectivity index (χ4n) is 4.75. The van der Waals surface area contributed by atoms with Crippen LogP contribution in [0.5, 0.6) is 0 Å². The van der Waals surface area contributed by atoms with Crippen LogP contribution in [0.3, 0.4) is 0 Å². The molecule has 1 N–H and O–H groups in total. The van der Waals surface area contributed by atoms with Crippen LogP contribution < -0.4 is 5.32 Å². The van der Waals surface area contributed by atoms with Crippen LogP contribution in [-0.4, -0.2) is 73.4 Å². The van der Waals surface area contributed by atoms with Crippen LogP contribution in [0.15, 0.2) is 45.7 Å². The Labute approximate surface area is 239 Å². The van der Waals surface area contributed by atoms with Gasteiger partial charge in [-0.05, 0) is 41.4 Å². The third kappa shape index (κ3) is 9.16. The Balaban J connectivity index is 1.78. The fourth-order valence-corrected chi connectivity index (χ4v) is 4.75. The molecule has 1 aromatic carbocycles. The van der Waals surface area contributed by atoms with Crippen molar-refractivity contribution in [2.45, 2.75) is 88.5 Å². The summed E-state index contributed by atoms with van der Waals surface area (Å²) in [6.45, 7) is 2.34. The highest BCUT2D eigenvalue weighted by Crippen LogP contribution is 2.35. The van der Waals surface area contributed by atoms with Gasteiger partial charge >= 0.3 is 18.0 Å². The molecule has 0 unspecified atom stereocenters. The van der Waals surface area contributed by atoms with Crippen molar-refractivity contribution in [2.24, 2.45) is 15.3 Å². The molecule has 0 spiro atoms. The molecule has 3 rings (SSSR count). The summed E-state index contributed by atoms with van der Waals surface area (Å²) in [6.07, 6.45) is -5.87. The van der Waals surface area contributed by atoms with Gasteiger partial charge in [0, 0.05) is 35.1 Å². The van der Waals surface area contributed by atoms with Gasteiger partial charge in [-0.2, -0.15) is 0 Å². The van der Waals surface area contributed by atoms with Crippen molar-refractivity contribution in [2.75, 3.05) is 6.54 Å². The largest absolute Gasteiger partial charge is 0.458 e. The second-order valence-corrected chi connectivity index (χ2v) is 9.45. The average Bonchev–Trinajstić information content (AvgIpc) is 2.96. The van der Waals surface area contributed by atoms with Crippen molar-refractivity contribution in [3.05, 3.63) is 67.2 Å². The van der Waals surface area contributed by atoms with Gasteiger partial charge in [-0.1, -0.05) is 45.7 Å². The Kier molecular flexibility index (Phi) is 12.0. The van der Waals surface area contributed by atoms with E-state index in [-0.39, 0.29) is 19.6 Å². The number of carbonyl (C=O) groups is 3. The molecule has 1 aliphatic heterocycles. The van der Waals surface area contributed by atoms with E-state index in [1.807, 2.05) is 30.3 Å². The standard InChI is InChI=1S/C24H30N10O8/c1-13(35)39-20-18(30-33-26)10-19(31-34-27)21(22(20)40-14(2)36)42-23-17(29-32-25)9-8-16(41-23)11-28-24(37)38-12-15-6-4-3-5-7-15/h3-7,16-23H,8-12H2,1-2H3,(H,28,37)/t16-,17-,18+,19-,20-,21+,22+,23+/m0/s1. The van der Waals surface area contributed by atoms with E-state index in [1.165, 1.54) is 0 Å². The molecule has 1 aliphatic carbocycles. The van der Waals surface area contributed by atoms with Crippen LogP contribution in [0, 0.1) is 0 Å². The molecule has 42 heavy (non-hydrogen) atoms. The van der Waals surface area contributed by atoms with E-state index in [4.69, 9.17) is 34.7 Å². The number of amides is 1. The van der Waals surface area contributed by atoms with Crippen LogP contribution in [0.1, 0.15) is 38.7 Å². The Morgan fingerprint density at radius 3 is 2.10 bits per heavy atom. The third-order valence-corrected chi connectivity index (χ3v) is 6.50. The number of nitrogens with one attached hydrogen (secondary N) is 1. The minimum absolute atomic E-state index is 0.0311. The lowest BCUT2D eigenvalue weighted by molar-refractivity contribution is -0.257. The zero-order chi connectivity index (χ0) is 30.5. The second-order valence-electron chi connectivity index (χ2n) is 9.45. The minimum Gasteiger partial charge on any atom is -0.458 e. The van der Waals surface area contributed by atoms with Crippen LogP contribution >= 0.6 is 0 Å². The number of azide groups is 3. The molecule has 224 valence electrons. The van der Waals surface area contributed by atoms with Gasteiger partial charge in [-0.15, -0.1) is 0 Å². The molecule has 1 aromatic rings. The summed E-state index contributed by atoms with van der Waals surface area (Å²) in [7, 11) is 0. The quantitative estimate of drug-likeness (QED) is 0.129. The van der Waals surface area contributed by atoms with Crippen LogP contribution in [0.2, 0.25) is 0 Å². The minimum atomic E-state index is -1.38. The van der Waals surface area contributed by atoms with E-state index in [0.29, 0.717) is 12.8 Å². The first-order chi connectivity index (χ1) is 20.2. The molecular formula is C24H30N10O8. The number of hydrogen-bond donors (Lipinski definition) is 1. The molecule has 1 heterocycles. The molecule has 1 amide bonds. The molecule has 18 heteroatoms. The van der Waals surface area contributed by atoms with E-state index in [1.54, 1.807) is 0 Å². The molecule has 2 fully saturated rings. The summed E-state index contributed by atoms with van der Waals surface area (Å²) in [4.78, 5) is 44.6. The lowest BCUT2D eigenvalue weighted by Gasteiger charge is -2.45. The van der Waals surface area contributed by atoms with Crippen LogP contribution in [0.4, 0.5) is 4.79 Å². The maximum absolute atomic E-state index is 12.2. The number of rotatable bonds is 11. The van der Waals surface area contributed by atoms with Crippen molar-refractivity contribution >= 4 is 18.0 Å². The summed E-state index contributed by atoms with van der Waals surface area (Å²) in [5.41, 5.74) is 28.2. The van der Waals surface area contributed by atoms with Gasteiger partial charge in [0.05, 0.1) is 24.2 Å². The van der Waals surface area contributed by atoms with Crippen LogP contribution in [-0.2, 0) is 39.9 Å². The van der Waals surface area contributed by atoms with Gasteiger partial charge in [0.2, 0.25) is 0 Å². The molecule has 0 radical (unpaired) electrons. The summed E-state index contributed by atoms with van der Waals surface area (Å²) in [6, 6.07) is 6.15. The molecule has 1 saturated heterocycles. The number of benzene rings is 1. The highest BCUT2D eigenvalue weighted by Gasteiger charge is 2.51. The van der Waals surface area contributed by atoms with Crippen molar-refractivity contribution < 1.29 is 38.1 Å². The van der Waals surface area contributed by atoms with Gasteiger partial charge in [-0.3, -0.25) is 9.59 Å². The van der Waals surface area contributed by atoms with Gasteiger partial charge < -0.3 is 29.0 Å². The number of alkyl carbamates (subject to hydrolysis) is 1. The van der Waals surface area contributed by atoms with Crippen molar-refractivity contribution in [3.8, 4) is 0 Å². The highest BCUT2D eigenvalue weighted by molar-refractivity contribution is 5.68. The zero-order valence-electron chi connectivity index (χ0n) is 22.8. The summed E-state index contributed by atoms with van der Waals surface area (Å²) in [5.74, 6) is -1.53. The van der Waals surface area contributed by atoms with E-state index in [2.05, 4.69) is 35.4 Å². The van der Waals surface area contributed by atoms with Gasteiger partial charge in [-0.25, -0.2) is 4.79 Å². The predicted octanol–water partition coefficient (Wildman–Crippen LogP) is 4.11. The Bertz CT molecular complexity index is 1250. The molecule has 0 aromatic heterocycles. The van der Waals surface area contributed by atoms with Gasteiger partial charge in [0.15, 0.2) is 12.4 Å². The average molecular weight is 587 g/mol. The first kappa shape index (κ1) is 31.8. The van der Waals surface area contributed by atoms with Gasteiger partial charge in [0.25, 0.3) is 0 Å². The van der Waals surface area contributed by atoms with Gasteiger partial charge in [0.1, 0.15) is 18.8 Å². The molecular weight excluding hydrogens is 556 g/mol. The first-order valence-electron chi connectivity index (χ1n) is 13.0. The summed E-state index contributed by atoms with van der Waals surface area (Å²) < 4.78 is 28.2. The molecule has 1 saturated carbocycles. The number of ether oxygens (including phenoxy) is 5. The zero-order valence-corrected chi connectivity index (χ0v) is 22.8. The van der Waals surface area contributed by atoms with E-state index >= 15 is 0 Å². The number of carbonyl (C=O) groups excluding carboxylic acids is 3. The van der Waals surface area contributed by atoms with Crippen molar-refractivity contribution in [3.63, 3.8) is 0 Å². The van der Waals surface area contributed by atoms with Crippen molar-refractivity contribution in [1.82, 2.24) is 5.32 Å². The third-order valence-electron chi connectivity index (χ3n) is 6.50. The highest BCUT2D eigenvalue weighted by atomic mass is 16.7.